The van der Waals surface area contributed by atoms with Crippen LogP contribution in [0.5, 0.6) is 0 Å². The summed E-state index contributed by atoms with van der Waals surface area (Å²) in [5, 5.41) is 2.77. The lowest BCUT2D eigenvalue weighted by atomic mass is 10.3. The summed E-state index contributed by atoms with van der Waals surface area (Å²) in [6.07, 6.45) is 1.99. The molecule has 19 heavy (non-hydrogen) atoms. The van der Waals surface area contributed by atoms with Crippen LogP contribution < -0.4 is 5.32 Å². The summed E-state index contributed by atoms with van der Waals surface area (Å²) in [4.78, 5) is 12.5. The molecule has 1 aromatic carbocycles. The summed E-state index contributed by atoms with van der Waals surface area (Å²) in [6.45, 7) is 0.410. The number of thioether (sulfide) groups is 1. The fourth-order valence-corrected chi connectivity index (χ4v) is 2.33. The van der Waals surface area contributed by atoms with Crippen LogP contribution in [0.25, 0.3) is 0 Å². The number of benzene rings is 1. The Hall–Kier alpha value is -1.75. The number of rotatable bonds is 6. The van der Waals surface area contributed by atoms with Crippen LogP contribution in [-0.4, -0.2) is 11.7 Å². The highest BCUT2D eigenvalue weighted by Crippen LogP contribution is 2.18. The molecule has 0 spiro atoms. The normalized spacial score (nSPS) is 10.4. The third kappa shape index (κ3) is 4.79. The third-order valence-electron chi connectivity index (χ3n) is 2.45. The summed E-state index contributed by atoms with van der Waals surface area (Å²) < 4.78 is 17.8. The van der Waals surface area contributed by atoms with Crippen molar-refractivity contribution >= 4 is 17.7 Å². The van der Waals surface area contributed by atoms with E-state index in [4.69, 9.17) is 4.42 Å². The first kappa shape index (κ1) is 13.7. The Balaban J connectivity index is 1.65. The molecule has 1 aromatic heterocycles. The summed E-state index contributed by atoms with van der Waals surface area (Å²) in [5.41, 5.74) is 0. The molecule has 0 saturated carbocycles. The Kier molecular flexibility index (Phi) is 5.03. The van der Waals surface area contributed by atoms with Crippen molar-refractivity contribution in [1.82, 2.24) is 5.32 Å². The predicted octanol–water partition coefficient (Wildman–Crippen LogP) is 3.22. The Morgan fingerprint density at radius 3 is 2.74 bits per heavy atom. The number of furan rings is 1. The fourth-order valence-electron chi connectivity index (χ4n) is 1.48. The van der Waals surface area contributed by atoms with Crippen LogP contribution in [0.3, 0.4) is 0 Å². The van der Waals surface area contributed by atoms with Gasteiger partial charge in [-0.15, -0.1) is 11.8 Å². The van der Waals surface area contributed by atoms with Gasteiger partial charge in [-0.25, -0.2) is 4.39 Å². The minimum absolute atomic E-state index is 0.0222. The second-order valence-electron chi connectivity index (χ2n) is 3.91. The van der Waals surface area contributed by atoms with Crippen molar-refractivity contribution in [2.45, 2.75) is 17.9 Å². The van der Waals surface area contributed by atoms with Crippen molar-refractivity contribution in [3.8, 4) is 0 Å². The molecular weight excluding hydrogens is 265 g/mol. The highest BCUT2D eigenvalue weighted by Gasteiger charge is 2.03. The minimum Gasteiger partial charge on any atom is -0.467 e. The van der Waals surface area contributed by atoms with Gasteiger partial charge < -0.3 is 9.73 Å². The van der Waals surface area contributed by atoms with Crippen LogP contribution in [-0.2, 0) is 11.3 Å². The van der Waals surface area contributed by atoms with Gasteiger partial charge in [0.1, 0.15) is 11.6 Å². The quantitative estimate of drug-likeness (QED) is 0.826. The SMILES string of the molecule is O=C(CCSc1ccc(F)cc1)NCc1ccco1. The number of halogens is 1. The molecule has 0 fully saturated rings. The van der Waals surface area contributed by atoms with Crippen LogP contribution in [0.2, 0.25) is 0 Å². The molecule has 0 saturated heterocycles. The molecule has 0 aliphatic heterocycles. The standard InChI is InChI=1S/C14H14FNO2S/c15-11-3-5-13(6-4-11)19-9-7-14(17)16-10-12-2-1-8-18-12/h1-6,8H,7,9-10H2,(H,16,17). The average Bonchev–Trinajstić information content (AvgIpc) is 2.92. The number of nitrogens with one attached hydrogen (secondary N) is 1. The first-order chi connectivity index (χ1) is 9.24. The third-order valence-corrected chi connectivity index (χ3v) is 3.47. The number of hydrogen-bond acceptors (Lipinski definition) is 3. The lowest BCUT2D eigenvalue weighted by molar-refractivity contribution is -0.120. The molecule has 5 heteroatoms. The smallest absolute Gasteiger partial charge is 0.221 e. The van der Waals surface area contributed by atoms with Crippen molar-refractivity contribution in [2.24, 2.45) is 0 Å². The first-order valence-corrected chi connectivity index (χ1v) is 6.90. The van der Waals surface area contributed by atoms with E-state index in [9.17, 15) is 9.18 Å². The molecular formula is C14H14FNO2S. The maximum absolute atomic E-state index is 12.7. The molecule has 0 radical (unpaired) electrons. The van der Waals surface area contributed by atoms with Gasteiger partial charge in [0.05, 0.1) is 12.8 Å². The molecule has 1 amide bonds. The van der Waals surface area contributed by atoms with Crippen molar-refractivity contribution in [3.05, 3.63) is 54.2 Å². The van der Waals surface area contributed by atoms with Gasteiger partial charge in [-0.3, -0.25) is 4.79 Å². The number of carbonyl (C=O) groups excluding carboxylic acids is 1. The summed E-state index contributed by atoms with van der Waals surface area (Å²) >= 11 is 1.53. The number of hydrogen-bond donors (Lipinski definition) is 1. The van der Waals surface area contributed by atoms with Crippen molar-refractivity contribution < 1.29 is 13.6 Å². The average molecular weight is 279 g/mol. The predicted molar refractivity (Wildman–Crippen MR) is 72.3 cm³/mol. The van der Waals surface area contributed by atoms with E-state index in [2.05, 4.69) is 5.32 Å². The summed E-state index contributed by atoms with van der Waals surface area (Å²) in [6, 6.07) is 9.85. The van der Waals surface area contributed by atoms with E-state index in [1.807, 2.05) is 6.07 Å². The van der Waals surface area contributed by atoms with E-state index in [0.29, 0.717) is 18.7 Å². The number of carbonyl (C=O) groups is 1. The van der Waals surface area contributed by atoms with Gasteiger partial charge >= 0.3 is 0 Å². The zero-order valence-corrected chi connectivity index (χ0v) is 11.1. The molecule has 2 aromatic rings. The maximum Gasteiger partial charge on any atom is 0.221 e. The molecule has 0 atom stereocenters. The second kappa shape index (κ2) is 6.99. The van der Waals surface area contributed by atoms with Gasteiger partial charge in [0, 0.05) is 17.1 Å². The van der Waals surface area contributed by atoms with Crippen molar-refractivity contribution in [1.29, 1.82) is 0 Å². The van der Waals surface area contributed by atoms with E-state index in [0.717, 1.165) is 10.7 Å². The van der Waals surface area contributed by atoms with Crippen LogP contribution in [0.4, 0.5) is 4.39 Å². The van der Waals surface area contributed by atoms with Crippen LogP contribution >= 0.6 is 11.8 Å². The Labute approximate surface area is 115 Å². The molecule has 1 heterocycles. The summed E-state index contributed by atoms with van der Waals surface area (Å²) in [7, 11) is 0. The zero-order chi connectivity index (χ0) is 13.5. The molecule has 0 aliphatic rings. The molecule has 0 aliphatic carbocycles. The van der Waals surface area contributed by atoms with Gasteiger partial charge in [-0.1, -0.05) is 0 Å². The van der Waals surface area contributed by atoms with Crippen LogP contribution in [0.1, 0.15) is 12.2 Å². The van der Waals surface area contributed by atoms with Crippen molar-refractivity contribution in [3.63, 3.8) is 0 Å². The van der Waals surface area contributed by atoms with E-state index in [-0.39, 0.29) is 11.7 Å². The molecule has 0 unspecified atom stereocenters. The molecule has 100 valence electrons. The molecule has 3 nitrogen and oxygen atoms in total. The zero-order valence-electron chi connectivity index (χ0n) is 10.3. The fraction of sp³-hybridized carbons (Fsp3) is 0.214. The first-order valence-electron chi connectivity index (χ1n) is 5.91. The molecule has 2 rings (SSSR count). The van der Waals surface area contributed by atoms with Crippen LogP contribution in [0.15, 0.2) is 52.0 Å². The minimum atomic E-state index is -0.249. The largest absolute Gasteiger partial charge is 0.467 e. The van der Waals surface area contributed by atoms with Gasteiger partial charge in [0.15, 0.2) is 0 Å². The van der Waals surface area contributed by atoms with Crippen molar-refractivity contribution in [2.75, 3.05) is 5.75 Å². The van der Waals surface area contributed by atoms with Crippen LogP contribution in [0, 0.1) is 5.82 Å². The van der Waals surface area contributed by atoms with Gasteiger partial charge in [-0.2, -0.15) is 0 Å². The van der Waals surface area contributed by atoms with Gasteiger partial charge in [0.25, 0.3) is 0 Å². The van der Waals surface area contributed by atoms with E-state index >= 15 is 0 Å². The van der Waals surface area contributed by atoms with Gasteiger partial charge in [-0.05, 0) is 36.4 Å². The maximum atomic E-state index is 12.7. The second-order valence-corrected chi connectivity index (χ2v) is 5.08. The molecule has 0 bridgehead atoms. The summed E-state index contributed by atoms with van der Waals surface area (Å²) in [5.74, 6) is 1.13. The Bertz CT molecular complexity index is 511. The Morgan fingerprint density at radius 2 is 2.05 bits per heavy atom. The Morgan fingerprint density at radius 1 is 1.26 bits per heavy atom. The highest BCUT2D eigenvalue weighted by molar-refractivity contribution is 7.99. The van der Waals surface area contributed by atoms with Gasteiger partial charge in [0.2, 0.25) is 5.91 Å². The lowest BCUT2D eigenvalue weighted by Crippen LogP contribution is -2.22. The van der Waals surface area contributed by atoms with E-state index < -0.39 is 0 Å². The number of amides is 1. The highest BCUT2D eigenvalue weighted by atomic mass is 32.2. The van der Waals surface area contributed by atoms with E-state index in [1.54, 1.807) is 24.5 Å². The molecule has 1 N–H and O–H groups in total. The van der Waals surface area contributed by atoms with E-state index in [1.165, 1.54) is 23.9 Å². The topological polar surface area (TPSA) is 42.2 Å². The lowest BCUT2D eigenvalue weighted by Gasteiger charge is -2.03. The monoisotopic (exact) mass is 279 g/mol.